The molecule has 0 fully saturated rings. The molecule has 18 heavy (non-hydrogen) atoms. The first-order valence-electron chi connectivity index (χ1n) is 5.89. The summed E-state index contributed by atoms with van der Waals surface area (Å²) in [7, 11) is 1.61. The maximum atomic E-state index is 9.41. The van der Waals surface area contributed by atoms with Crippen molar-refractivity contribution in [3.05, 3.63) is 59.7 Å². The minimum Gasteiger partial charge on any atom is -0.496 e. The first kappa shape index (κ1) is 12.5. The predicted molar refractivity (Wildman–Crippen MR) is 72.7 cm³/mol. The van der Waals surface area contributed by atoms with Crippen LogP contribution in [0.5, 0.6) is 5.75 Å². The van der Waals surface area contributed by atoms with Gasteiger partial charge in [-0.15, -0.1) is 0 Å². The average Bonchev–Trinajstić information content (AvgIpc) is 2.45. The number of aliphatic hydroxyl groups is 1. The van der Waals surface area contributed by atoms with Crippen LogP contribution in [0.15, 0.2) is 48.5 Å². The van der Waals surface area contributed by atoms with Gasteiger partial charge in [0.25, 0.3) is 0 Å². The molecule has 2 aromatic carbocycles. The van der Waals surface area contributed by atoms with Gasteiger partial charge in [0.05, 0.1) is 13.7 Å². The molecule has 0 heterocycles. The molecule has 3 heteroatoms. The molecule has 3 nitrogen and oxygen atoms in total. The van der Waals surface area contributed by atoms with E-state index in [9.17, 15) is 5.11 Å². The lowest BCUT2D eigenvalue weighted by atomic mass is 10.1. The van der Waals surface area contributed by atoms with Crippen LogP contribution in [0.25, 0.3) is 0 Å². The highest BCUT2D eigenvalue weighted by Crippen LogP contribution is 2.26. The smallest absolute Gasteiger partial charge is 0.126 e. The highest BCUT2D eigenvalue weighted by molar-refractivity contribution is 5.57. The lowest BCUT2D eigenvalue weighted by molar-refractivity contribution is 0.274. The number of hydrogen-bond acceptors (Lipinski definition) is 3. The third kappa shape index (κ3) is 2.81. The standard InChI is InChI=1S/C15H17NO2/c1-18-15-9-5-8-14(13(15)11-17)16-10-12-6-3-2-4-7-12/h2-9,16-17H,10-11H2,1H3. The summed E-state index contributed by atoms with van der Waals surface area (Å²) in [6.45, 7) is 0.683. The minimum atomic E-state index is -0.0405. The van der Waals surface area contributed by atoms with Gasteiger partial charge >= 0.3 is 0 Å². The minimum absolute atomic E-state index is 0.0405. The summed E-state index contributed by atoms with van der Waals surface area (Å²) in [6, 6.07) is 15.8. The molecule has 2 rings (SSSR count). The molecule has 0 amide bonds. The Labute approximate surface area is 107 Å². The zero-order valence-corrected chi connectivity index (χ0v) is 10.4. The number of methoxy groups -OCH3 is 1. The molecule has 0 saturated carbocycles. The summed E-state index contributed by atoms with van der Waals surface area (Å²) >= 11 is 0. The first-order valence-corrected chi connectivity index (χ1v) is 5.89. The molecule has 0 saturated heterocycles. The van der Waals surface area contributed by atoms with Gasteiger partial charge in [-0.25, -0.2) is 0 Å². The molecular formula is C15H17NO2. The molecule has 0 atom stereocenters. The summed E-state index contributed by atoms with van der Waals surface area (Å²) in [6.07, 6.45) is 0. The van der Waals surface area contributed by atoms with Crippen LogP contribution in [0, 0.1) is 0 Å². The largest absolute Gasteiger partial charge is 0.496 e. The Kier molecular flexibility index (Phi) is 4.20. The van der Waals surface area contributed by atoms with Crippen molar-refractivity contribution in [2.75, 3.05) is 12.4 Å². The van der Waals surface area contributed by atoms with Gasteiger partial charge in [-0.05, 0) is 17.7 Å². The van der Waals surface area contributed by atoms with Gasteiger partial charge < -0.3 is 15.2 Å². The molecule has 0 aliphatic rings. The van der Waals surface area contributed by atoms with Crippen LogP contribution in [-0.4, -0.2) is 12.2 Å². The van der Waals surface area contributed by atoms with Gasteiger partial charge in [0.2, 0.25) is 0 Å². The number of nitrogens with one attached hydrogen (secondary N) is 1. The molecule has 0 radical (unpaired) electrons. The van der Waals surface area contributed by atoms with Gasteiger partial charge in [0.1, 0.15) is 5.75 Å². The van der Waals surface area contributed by atoms with Crippen molar-refractivity contribution in [3.63, 3.8) is 0 Å². The van der Waals surface area contributed by atoms with Crippen molar-refractivity contribution >= 4 is 5.69 Å². The van der Waals surface area contributed by atoms with Crippen molar-refractivity contribution in [1.29, 1.82) is 0 Å². The lowest BCUT2D eigenvalue weighted by Gasteiger charge is -2.13. The van der Waals surface area contributed by atoms with Crippen molar-refractivity contribution in [2.45, 2.75) is 13.2 Å². The molecule has 94 valence electrons. The number of benzene rings is 2. The van der Waals surface area contributed by atoms with E-state index in [1.54, 1.807) is 7.11 Å². The topological polar surface area (TPSA) is 41.5 Å². The van der Waals surface area contributed by atoms with Crippen LogP contribution < -0.4 is 10.1 Å². The van der Waals surface area contributed by atoms with Crippen LogP contribution in [0.3, 0.4) is 0 Å². The SMILES string of the molecule is COc1cccc(NCc2ccccc2)c1CO. The van der Waals surface area contributed by atoms with Crippen molar-refractivity contribution in [2.24, 2.45) is 0 Å². The summed E-state index contributed by atoms with van der Waals surface area (Å²) < 4.78 is 5.23. The van der Waals surface area contributed by atoms with Crippen LogP contribution in [-0.2, 0) is 13.2 Å². The van der Waals surface area contributed by atoms with Gasteiger partial charge in [-0.2, -0.15) is 0 Å². The Hall–Kier alpha value is -2.00. The monoisotopic (exact) mass is 243 g/mol. The fourth-order valence-corrected chi connectivity index (χ4v) is 1.88. The van der Waals surface area contributed by atoms with E-state index in [2.05, 4.69) is 17.4 Å². The van der Waals surface area contributed by atoms with Crippen LogP contribution in [0.4, 0.5) is 5.69 Å². The number of rotatable bonds is 5. The molecule has 0 unspecified atom stereocenters. The molecular weight excluding hydrogens is 226 g/mol. The number of ether oxygens (including phenoxy) is 1. The van der Waals surface area contributed by atoms with Crippen molar-refractivity contribution < 1.29 is 9.84 Å². The maximum absolute atomic E-state index is 9.41. The predicted octanol–water partition coefficient (Wildman–Crippen LogP) is 2.80. The molecule has 0 aromatic heterocycles. The van der Waals surface area contributed by atoms with Gasteiger partial charge in [0, 0.05) is 17.8 Å². The van der Waals surface area contributed by atoms with Crippen LogP contribution in [0.2, 0.25) is 0 Å². The Balaban J connectivity index is 2.14. The number of anilines is 1. The summed E-state index contributed by atoms with van der Waals surface area (Å²) in [5.74, 6) is 0.704. The van der Waals surface area contributed by atoms with Gasteiger partial charge in [-0.3, -0.25) is 0 Å². The fraction of sp³-hybridized carbons (Fsp3) is 0.200. The van der Waals surface area contributed by atoms with E-state index in [-0.39, 0.29) is 6.61 Å². The Morgan fingerprint density at radius 1 is 1.06 bits per heavy atom. The quantitative estimate of drug-likeness (QED) is 0.848. The summed E-state index contributed by atoms with van der Waals surface area (Å²) in [5.41, 5.74) is 2.89. The third-order valence-corrected chi connectivity index (χ3v) is 2.84. The van der Waals surface area contributed by atoms with E-state index in [1.807, 2.05) is 36.4 Å². The van der Waals surface area contributed by atoms with E-state index in [0.29, 0.717) is 5.75 Å². The number of hydrogen-bond donors (Lipinski definition) is 2. The first-order chi connectivity index (χ1) is 8.85. The van der Waals surface area contributed by atoms with E-state index < -0.39 is 0 Å². The molecule has 2 aromatic rings. The third-order valence-electron chi connectivity index (χ3n) is 2.84. The van der Waals surface area contributed by atoms with Crippen LogP contribution in [0.1, 0.15) is 11.1 Å². The molecule has 0 aliphatic heterocycles. The van der Waals surface area contributed by atoms with Gasteiger partial charge in [-0.1, -0.05) is 36.4 Å². The van der Waals surface area contributed by atoms with Crippen molar-refractivity contribution in [1.82, 2.24) is 0 Å². The fourth-order valence-electron chi connectivity index (χ4n) is 1.88. The second kappa shape index (κ2) is 6.07. The normalized spacial score (nSPS) is 10.1. The molecule has 0 bridgehead atoms. The Morgan fingerprint density at radius 3 is 2.50 bits per heavy atom. The highest BCUT2D eigenvalue weighted by Gasteiger charge is 2.07. The van der Waals surface area contributed by atoms with Gasteiger partial charge in [0.15, 0.2) is 0 Å². The highest BCUT2D eigenvalue weighted by atomic mass is 16.5. The Morgan fingerprint density at radius 2 is 1.83 bits per heavy atom. The van der Waals surface area contributed by atoms with E-state index in [1.165, 1.54) is 5.56 Å². The Bertz CT molecular complexity index is 497. The zero-order chi connectivity index (χ0) is 12.8. The maximum Gasteiger partial charge on any atom is 0.126 e. The number of aliphatic hydroxyl groups excluding tert-OH is 1. The zero-order valence-electron chi connectivity index (χ0n) is 10.4. The second-order valence-electron chi connectivity index (χ2n) is 3.98. The average molecular weight is 243 g/mol. The second-order valence-corrected chi connectivity index (χ2v) is 3.98. The van der Waals surface area contributed by atoms with E-state index in [4.69, 9.17) is 4.74 Å². The van der Waals surface area contributed by atoms with Crippen LogP contribution >= 0.6 is 0 Å². The lowest BCUT2D eigenvalue weighted by Crippen LogP contribution is -2.03. The molecule has 0 spiro atoms. The summed E-state index contributed by atoms with van der Waals surface area (Å²) in [5, 5.41) is 12.7. The van der Waals surface area contributed by atoms with Crippen molar-refractivity contribution in [3.8, 4) is 5.75 Å². The summed E-state index contributed by atoms with van der Waals surface area (Å²) in [4.78, 5) is 0. The molecule has 2 N–H and O–H groups in total. The molecule has 0 aliphatic carbocycles. The van der Waals surface area contributed by atoms with E-state index >= 15 is 0 Å². The van der Waals surface area contributed by atoms with E-state index in [0.717, 1.165) is 17.8 Å².